The van der Waals surface area contributed by atoms with Crippen molar-refractivity contribution in [2.24, 2.45) is 5.41 Å². The zero-order valence-electron chi connectivity index (χ0n) is 14.5. The van der Waals surface area contributed by atoms with Crippen LogP contribution in [0.3, 0.4) is 0 Å². The largest absolute Gasteiger partial charge is 0.384 e. The number of rotatable bonds is 7. The van der Waals surface area contributed by atoms with Gasteiger partial charge in [0.25, 0.3) is 0 Å². The van der Waals surface area contributed by atoms with Crippen molar-refractivity contribution >= 4 is 17.2 Å². The van der Waals surface area contributed by atoms with Gasteiger partial charge < -0.3 is 15.4 Å². The molecule has 0 atom stereocenters. The van der Waals surface area contributed by atoms with Gasteiger partial charge in [0, 0.05) is 42.4 Å². The Morgan fingerprint density at radius 2 is 2.28 bits per heavy atom. The Bertz CT molecular complexity index is 678. The van der Waals surface area contributed by atoms with Crippen LogP contribution in [0.1, 0.15) is 18.5 Å². The van der Waals surface area contributed by atoms with Gasteiger partial charge in [0.2, 0.25) is 5.91 Å². The molecule has 3 rings (SSSR count). The van der Waals surface area contributed by atoms with Crippen LogP contribution in [0, 0.1) is 5.41 Å². The van der Waals surface area contributed by atoms with Crippen molar-refractivity contribution in [1.82, 2.24) is 20.6 Å². The molecule has 6 nitrogen and oxygen atoms in total. The third-order valence-corrected chi connectivity index (χ3v) is 5.52. The number of nitrogens with zero attached hydrogens (tertiary/aromatic N) is 2. The van der Waals surface area contributed by atoms with E-state index >= 15 is 0 Å². The first-order valence-electron chi connectivity index (χ1n) is 8.52. The summed E-state index contributed by atoms with van der Waals surface area (Å²) in [7, 11) is 1.72. The fraction of sp³-hybridized carbons (Fsp3) is 0.500. The van der Waals surface area contributed by atoms with Crippen molar-refractivity contribution < 1.29 is 9.53 Å². The van der Waals surface area contributed by atoms with E-state index in [1.165, 1.54) is 11.3 Å². The van der Waals surface area contributed by atoms with Crippen LogP contribution in [0.15, 0.2) is 29.9 Å². The molecule has 2 aromatic rings. The van der Waals surface area contributed by atoms with Crippen LogP contribution in [0.5, 0.6) is 0 Å². The Balaban J connectivity index is 1.55. The molecule has 0 spiro atoms. The van der Waals surface area contributed by atoms with Crippen molar-refractivity contribution in [3.8, 4) is 10.6 Å². The van der Waals surface area contributed by atoms with Gasteiger partial charge in [0.15, 0.2) is 0 Å². The molecule has 1 fully saturated rings. The quantitative estimate of drug-likeness (QED) is 0.788. The highest BCUT2D eigenvalue weighted by molar-refractivity contribution is 7.13. The van der Waals surface area contributed by atoms with Gasteiger partial charge >= 0.3 is 0 Å². The molecule has 1 saturated heterocycles. The summed E-state index contributed by atoms with van der Waals surface area (Å²) in [6.07, 6.45) is 5.86. The summed E-state index contributed by atoms with van der Waals surface area (Å²) < 4.78 is 5.39. The van der Waals surface area contributed by atoms with E-state index in [4.69, 9.17) is 4.74 Å². The van der Waals surface area contributed by atoms with E-state index in [1.807, 2.05) is 17.5 Å². The number of nitrogens with one attached hydrogen (secondary N) is 2. The molecular weight excluding hydrogens is 336 g/mol. The molecule has 0 unspecified atom stereocenters. The Labute approximate surface area is 152 Å². The molecule has 2 N–H and O–H groups in total. The lowest BCUT2D eigenvalue weighted by Crippen LogP contribution is -2.47. The molecule has 3 heterocycles. The maximum Gasteiger partial charge on any atom is 0.226 e. The molecule has 25 heavy (non-hydrogen) atoms. The fourth-order valence-electron chi connectivity index (χ4n) is 3.16. The molecule has 7 heteroatoms. The highest BCUT2D eigenvalue weighted by Gasteiger charge is 2.32. The van der Waals surface area contributed by atoms with E-state index in [0.717, 1.165) is 42.2 Å². The van der Waals surface area contributed by atoms with E-state index in [-0.39, 0.29) is 11.3 Å². The molecule has 0 aromatic carbocycles. The normalized spacial score (nSPS) is 16.5. The van der Waals surface area contributed by atoms with Crippen molar-refractivity contribution in [1.29, 1.82) is 0 Å². The average molecular weight is 360 g/mol. The fourth-order valence-corrected chi connectivity index (χ4v) is 3.97. The van der Waals surface area contributed by atoms with Crippen molar-refractivity contribution in [3.63, 3.8) is 0 Å². The number of pyridine rings is 1. The number of carbonyl (C=O) groups is 1. The predicted octanol–water partition coefficient (Wildman–Crippen LogP) is 1.88. The SMILES string of the molecule is COCC1(CNC(=O)Cc2csc(-c3cccnc3)n2)CCNCC1. The molecule has 0 radical (unpaired) electrons. The third-order valence-electron chi connectivity index (χ3n) is 4.58. The van der Waals surface area contributed by atoms with Gasteiger partial charge in [-0.1, -0.05) is 0 Å². The zero-order valence-corrected chi connectivity index (χ0v) is 15.3. The van der Waals surface area contributed by atoms with Gasteiger partial charge in [-0.3, -0.25) is 9.78 Å². The minimum Gasteiger partial charge on any atom is -0.384 e. The standard InChI is InChI=1S/C18H24N4O2S/c1-24-13-18(4-7-19-8-5-18)12-21-16(23)9-15-11-25-17(22-15)14-3-2-6-20-10-14/h2-3,6,10-11,19H,4-5,7-9,12-13H2,1H3,(H,21,23). The van der Waals surface area contributed by atoms with Gasteiger partial charge in [-0.15, -0.1) is 11.3 Å². The second kappa shape index (κ2) is 8.51. The minimum atomic E-state index is 0.0112. The van der Waals surface area contributed by atoms with E-state index in [9.17, 15) is 4.79 Å². The van der Waals surface area contributed by atoms with Crippen LogP contribution in [-0.2, 0) is 16.0 Å². The summed E-state index contributed by atoms with van der Waals surface area (Å²) in [6.45, 7) is 3.28. The molecule has 1 aliphatic rings. The average Bonchev–Trinajstić information content (AvgIpc) is 3.10. The second-order valence-electron chi connectivity index (χ2n) is 6.52. The van der Waals surface area contributed by atoms with E-state index in [1.54, 1.807) is 19.5 Å². The number of hydrogen-bond donors (Lipinski definition) is 2. The number of hydrogen-bond acceptors (Lipinski definition) is 6. The number of piperidine rings is 1. The van der Waals surface area contributed by atoms with Gasteiger partial charge in [-0.2, -0.15) is 0 Å². The van der Waals surface area contributed by atoms with Gasteiger partial charge in [-0.25, -0.2) is 4.98 Å². The highest BCUT2D eigenvalue weighted by atomic mass is 32.1. The highest BCUT2D eigenvalue weighted by Crippen LogP contribution is 2.28. The summed E-state index contributed by atoms with van der Waals surface area (Å²) >= 11 is 1.54. The van der Waals surface area contributed by atoms with E-state index < -0.39 is 0 Å². The lowest BCUT2D eigenvalue weighted by molar-refractivity contribution is -0.121. The number of carbonyl (C=O) groups excluding carboxylic acids is 1. The lowest BCUT2D eigenvalue weighted by Gasteiger charge is -2.37. The topological polar surface area (TPSA) is 76.1 Å². The molecule has 0 saturated carbocycles. The van der Waals surface area contributed by atoms with Crippen LogP contribution in [0.2, 0.25) is 0 Å². The van der Waals surface area contributed by atoms with E-state index in [0.29, 0.717) is 19.6 Å². The summed E-state index contributed by atoms with van der Waals surface area (Å²) in [5, 5.41) is 9.28. The van der Waals surface area contributed by atoms with Crippen LogP contribution in [-0.4, -0.2) is 49.2 Å². The maximum atomic E-state index is 12.3. The summed E-state index contributed by atoms with van der Waals surface area (Å²) in [5.41, 5.74) is 1.82. The van der Waals surface area contributed by atoms with Crippen LogP contribution in [0.25, 0.3) is 10.6 Å². The van der Waals surface area contributed by atoms with Gasteiger partial charge in [0.05, 0.1) is 18.7 Å². The van der Waals surface area contributed by atoms with Crippen molar-refractivity contribution in [2.75, 3.05) is 33.4 Å². The summed E-state index contributed by atoms with van der Waals surface area (Å²) in [4.78, 5) is 21.0. The monoisotopic (exact) mass is 360 g/mol. The molecular formula is C18H24N4O2S. The number of methoxy groups -OCH3 is 1. The first kappa shape index (κ1) is 18.0. The predicted molar refractivity (Wildman–Crippen MR) is 98.5 cm³/mol. The number of ether oxygens (including phenoxy) is 1. The number of aromatic nitrogens is 2. The summed E-state index contributed by atoms with van der Waals surface area (Å²) in [6, 6.07) is 3.86. The zero-order chi connectivity index (χ0) is 17.5. The first-order chi connectivity index (χ1) is 12.2. The first-order valence-corrected chi connectivity index (χ1v) is 9.40. The third kappa shape index (κ3) is 4.84. The van der Waals surface area contributed by atoms with Crippen LogP contribution >= 0.6 is 11.3 Å². The molecule has 2 aromatic heterocycles. The van der Waals surface area contributed by atoms with Crippen molar-refractivity contribution in [3.05, 3.63) is 35.6 Å². The molecule has 0 aliphatic carbocycles. The maximum absolute atomic E-state index is 12.3. The Morgan fingerprint density at radius 3 is 3.00 bits per heavy atom. The van der Waals surface area contributed by atoms with Crippen LogP contribution < -0.4 is 10.6 Å². The second-order valence-corrected chi connectivity index (χ2v) is 7.38. The lowest BCUT2D eigenvalue weighted by atomic mass is 9.79. The molecule has 134 valence electrons. The molecule has 0 bridgehead atoms. The number of amides is 1. The Hall–Kier alpha value is -1.83. The molecule has 1 amide bonds. The Kier molecular flexibility index (Phi) is 6.12. The minimum absolute atomic E-state index is 0.0112. The Morgan fingerprint density at radius 1 is 1.44 bits per heavy atom. The van der Waals surface area contributed by atoms with Gasteiger partial charge in [0.1, 0.15) is 5.01 Å². The van der Waals surface area contributed by atoms with Crippen molar-refractivity contribution in [2.45, 2.75) is 19.3 Å². The van der Waals surface area contributed by atoms with Crippen LogP contribution in [0.4, 0.5) is 0 Å². The smallest absolute Gasteiger partial charge is 0.226 e. The van der Waals surface area contributed by atoms with E-state index in [2.05, 4.69) is 20.6 Å². The number of thiazole rings is 1. The molecule has 1 aliphatic heterocycles. The van der Waals surface area contributed by atoms with Gasteiger partial charge in [-0.05, 0) is 38.1 Å². The summed E-state index contributed by atoms with van der Waals surface area (Å²) in [5.74, 6) is 0.0112.